The van der Waals surface area contributed by atoms with Crippen molar-refractivity contribution >= 4 is 11.4 Å². The van der Waals surface area contributed by atoms with Crippen LogP contribution in [-0.4, -0.2) is 24.1 Å². The van der Waals surface area contributed by atoms with Crippen LogP contribution < -0.4 is 10.6 Å². The minimum absolute atomic E-state index is 0.213. The lowest BCUT2D eigenvalue weighted by Crippen LogP contribution is -2.39. The number of aryl methyl sites for hydroxylation is 1. The van der Waals surface area contributed by atoms with E-state index in [0.717, 1.165) is 43.6 Å². The molecule has 0 saturated carbocycles. The van der Waals surface area contributed by atoms with Gasteiger partial charge in [-0.3, -0.25) is 10.1 Å². The van der Waals surface area contributed by atoms with Gasteiger partial charge in [-0.05, 0) is 30.9 Å². The monoisotopic (exact) mass is 249 g/mol. The lowest BCUT2D eigenvalue weighted by atomic mass is 10.0. The minimum Gasteiger partial charge on any atom is -0.366 e. The van der Waals surface area contributed by atoms with E-state index in [1.165, 1.54) is 0 Å². The molecule has 1 fully saturated rings. The van der Waals surface area contributed by atoms with Gasteiger partial charge in [-0.1, -0.05) is 13.0 Å². The molecule has 2 rings (SSSR count). The molecular weight excluding hydrogens is 230 g/mol. The molecule has 0 spiro atoms. The first-order valence-corrected chi connectivity index (χ1v) is 6.39. The van der Waals surface area contributed by atoms with E-state index < -0.39 is 0 Å². The van der Waals surface area contributed by atoms with Gasteiger partial charge in [-0.2, -0.15) is 0 Å². The molecule has 0 radical (unpaired) electrons. The Kier molecular flexibility index (Phi) is 3.81. The van der Waals surface area contributed by atoms with Crippen molar-refractivity contribution in [2.24, 2.45) is 5.73 Å². The van der Waals surface area contributed by atoms with Gasteiger partial charge in [0.2, 0.25) is 0 Å². The van der Waals surface area contributed by atoms with Crippen LogP contribution in [0.25, 0.3) is 0 Å². The normalized spacial score (nSPS) is 16.9. The van der Waals surface area contributed by atoms with Crippen molar-refractivity contribution in [3.63, 3.8) is 0 Å². The number of hydrogen-bond acceptors (Lipinski definition) is 4. The van der Waals surface area contributed by atoms with Crippen LogP contribution in [0.2, 0.25) is 0 Å². The van der Waals surface area contributed by atoms with E-state index in [4.69, 9.17) is 5.73 Å². The average molecular weight is 249 g/mol. The summed E-state index contributed by atoms with van der Waals surface area (Å²) in [5.74, 6) is 0. The molecule has 1 aliphatic heterocycles. The highest BCUT2D eigenvalue weighted by atomic mass is 16.6. The molecular formula is C13H19N3O2. The molecule has 0 aliphatic carbocycles. The summed E-state index contributed by atoms with van der Waals surface area (Å²) >= 11 is 0. The fourth-order valence-corrected chi connectivity index (χ4v) is 2.34. The predicted octanol–water partition coefficient (Wildman–Crippen LogP) is 2.08. The maximum absolute atomic E-state index is 11.2. The second kappa shape index (κ2) is 5.35. The maximum atomic E-state index is 11.2. The van der Waals surface area contributed by atoms with Crippen molar-refractivity contribution in [2.75, 3.05) is 18.0 Å². The van der Waals surface area contributed by atoms with E-state index in [0.29, 0.717) is 0 Å². The Bertz CT molecular complexity index is 440. The molecule has 2 N–H and O–H groups in total. The summed E-state index contributed by atoms with van der Waals surface area (Å²) in [7, 11) is 0. The van der Waals surface area contributed by atoms with E-state index in [1.807, 2.05) is 19.1 Å². The fourth-order valence-electron chi connectivity index (χ4n) is 2.34. The molecule has 5 heteroatoms. The van der Waals surface area contributed by atoms with Crippen LogP contribution in [0.1, 0.15) is 25.3 Å². The Morgan fingerprint density at radius 2 is 2.11 bits per heavy atom. The van der Waals surface area contributed by atoms with Gasteiger partial charge in [-0.15, -0.1) is 0 Å². The zero-order chi connectivity index (χ0) is 13.1. The van der Waals surface area contributed by atoms with Crippen molar-refractivity contribution in [1.29, 1.82) is 0 Å². The van der Waals surface area contributed by atoms with Crippen LogP contribution in [0.4, 0.5) is 11.4 Å². The molecule has 18 heavy (non-hydrogen) atoms. The van der Waals surface area contributed by atoms with E-state index in [2.05, 4.69) is 4.90 Å². The second-order valence-corrected chi connectivity index (χ2v) is 4.76. The van der Waals surface area contributed by atoms with Gasteiger partial charge in [0.05, 0.1) is 4.92 Å². The summed E-state index contributed by atoms with van der Waals surface area (Å²) in [4.78, 5) is 12.9. The van der Waals surface area contributed by atoms with E-state index in [9.17, 15) is 10.1 Å². The highest BCUT2D eigenvalue weighted by Crippen LogP contribution is 2.31. The van der Waals surface area contributed by atoms with Crippen LogP contribution in [-0.2, 0) is 6.42 Å². The standard InChI is InChI=1S/C13H19N3O2/c1-2-10-3-4-12(13(9-10)16(17)18)15-7-5-11(14)6-8-15/h3-4,9,11H,2,5-8,14H2,1H3. The lowest BCUT2D eigenvalue weighted by molar-refractivity contribution is -0.384. The van der Waals surface area contributed by atoms with Crippen LogP contribution in [0.15, 0.2) is 18.2 Å². The number of rotatable bonds is 3. The third kappa shape index (κ3) is 2.61. The molecule has 98 valence electrons. The molecule has 0 unspecified atom stereocenters. The van der Waals surface area contributed by atoms with Gasteiger partial charge in [0, 0.05) is 25.2 Å². The molecule has 5 nitrogen and oxygen atoms in total. The summed E-state index contributed by atoms with van der Waals surface area (Å²) in [5, 5.41) is 11.2. The Labute approximate surface area is 107 Å². The quantitative estimate of drug-likeness (QED) is 0.657. The third-order valence-electron chi connectivity index (χ3n) is 3.53. The van der Waals surface area contributed by atoms with Gasteiger partial charge in [-0.25, -0.2) is 0 Å². The molecule has 1 saturated heterocycles. The SMILES string of the molecule is CCc1ccc(N2CCC(N)CC2)c([N+](=O)[O-])c1. The Balaban J connectivity index is 2.29. The summed E-state index contributed by atoms with van der Waals surface area (Å²) in [6.07, 6.45) is 2.60. The van der Waals surface area contributed by atoms with Crippen LogP contribution in [0.3, 0.4) is 0 Å². The van der Waals surface area contributed by atoms with E-state index >= 15 is 0 Å². The predicted molar refractivity (Wildman–Crippen MR) is 71.9 cm³/mol. The van der Waals surface area contributed by atoms with Gasteiger partial charge in [0.1, 0.15) is 5.69 Å². The third-order valence-corrected chi connectivity index (χ3v) is 3.53. The largest absolute Gasteiger partial charge is 0.366 e. The highest BCUT2D eigenvalue weighted by molar-refractivity contribution is 5.64. The Morgan fingerprint density at radius 1 is 1.44 bits per heavy atom. The number of nitrogens with two attached hydrogens (primary N) is 1. The zero-order valence-electron chi connectivity index (χ0n) is 10.6. The topological polar surface area (TPSA) is 72.4 Å². The summed E-state index contributed by atoms with van der Waals surface area (Å²) in [5.41, 5.74) is 7.80. The molecule has 1 aromatic rings. The van der Waals surface area contributed by atoms with Gasteiger partial charge in [0.25, 0.3) is 5.69 Å². The minimum atomic E-state index is -0.289. The summed E-state index contributed by atoms with van der Waals surface area (Å²) in [6.45, 7) is 3.60. The lowest BCUT2D eigenvalue weighted by Gasteiger charge is -2.31. The molecule has 1 aliphatic rings. The van der Waals surface area contributed by atoms with Crippen molar-refractivity contribution in [2.45, 2.75) is 32.2 Å². The van der Waals surface area contributed by atoms with Crippen LogP contribution in [0, 0.1) is 10.1 Å². The summed E-state index contributed by atoms with van der Waals surface area (Å²) in [6, 6.07) is 5.75. The number of nitro groups is 1. The molecule has 0 bridgehead atoms. The molecule has 1 aromatic carbocycles. The first kappa shape index (κ1) is 12.8. The van der Waals surface area contributed by atoms with Crippen molar-refractivity contribution in [1.82, 2.24) is 0 Å². The number of nitro benzene ring substituents is 1. The first-order valence-electron chi connectivity index (χ1n) is 6.39. The molecule has 0 aromatic heterocycles. The number of benzene rings is 1. The Morgan fingerprint density at radius 3 is 2.67 bits per heavy atom. The number of anilines is 1. The van der Waals surface area contributed by atoms with Crippen molar-refractivity contribution in [3.05, 3.63) is 33.9 Å². The molecule has 1 heterocycles. The van der Waals surface area contributed by atoms with Crippen LogP contribution >= 0.6 is 0 Å². The number of piperidine rings is 1. The zero-order valence-corrected chi connectivity index (χ0v) is 10.6. The van der Waals surface area contributed by atoms with Gasteiger partial charge >= 0.3 is 0 Å². The number of hydrogen-bond donors (Lipinski definition) is 1. The van der Waals surface area contributed by atoms with Crippen molar-refractivity contribution in [3.8, 4) is 0 Å². The summed E-state index contributed by atoms with van der Waals surface area (Å²) < 4.78 is 0. The molecule has 0 amide bonds. The van der Waals surface area contributed by atoms with Gasteiger partial charge < -0.3 is 10.6 Å². The number of nitrogens with zero attached hydrogens (tertiary/aromatic N) is 2. The smallest absolute Gasteiger partial charge is 0.292 e. The average Bonchev–Trinajstić information content (AvgIpc) is 2.39. The van der Waals surface area contributed by atoms with E-state index in [-0.39, 0.29) is 16.7 Å². The van der Waals surface area contributed by atoms with Crippen molar-refractivity contribution < 1.29 is 4.92 Å². The van der Waals surface area contributed by atoms with Crippen LogP contribution in [0.5, 0.6) is 0 Å². The Hall–Kier alpha value is -1.62. The second-order valence-electron chi connectivity index (χ2n) is 4.76. The fraction of sp³-hybridized carbons (Fsp3) is 0.538. The van der Waals surface area contributed by atoms with E-state index in [1.54, 1.807) is 6.07 Å². The first-order chi connectivity index (χ1) is 8.61. The highest BCUT2D eigenvalue weighted by Gasteiger charge is 2.23. The molecule has 0 atom stereocenters. The van der Waals surface area contributed by atoms with Gasteiger partial charge in [0.15, 0.2) is 0 Å². The maximum Gasteiger partial charge on any atom is 0.292 e.